The molecule has 7 aromatic carbocycles. The first-order chi connectivity index (χ1) is 22.1. The van der Waals surface area contributed by atoms with Gasteiger partial charge in [-0.25, -0.2) is 0 Å². The van der Waals surface area contributed by atoms with E-state index >= 15 is 0 Å². The average Bonchev–Trinajstić information content (AvgIpc) is 3.64. The molecule has 7 rings (SSSR count). The molecule has 0 aromatic heterocycles. The van der Waals surface area contributed by atoms with Gasteiger partial charge in [-0.3, -0.25) is 0 Å². The monoisotopic (exact) mass is 790 g/mol. The van der Waals surface area contributed by atoms with Crippen molar-refractivity contribution in [2.45, 2.75) is 54.4 Å². The molecule has 50 heavy (non-hydrogen) atoms. The SMILES string of the molecule is CC(C)c1cc2c(-c3ccccc3)cccc2[cH-]1.Cc1cc(C)cc(-c2cc(-c3cc(C)cc(C)c3)c3cc(C)[cH-]c3c2)c1.Cl.Cl.[CH3-].[CH3-].[Si]=[Zr]. The second kappa shape index (κ2) is 20.1. The molecule has 0 saturated carbocycles. The van der Waals surface area contributed by atoms with E-state index in [1.807, 2.05) is 0 Å². The molecule has 0 fully saturated rings. The van der Waals surface area contributed by atoms with Gasteiger partial charge in [-0.2, -0.15) is 12.1 Å². The fourth-order valence-electron chi connectivity index (χ4n) is 6.61. The molecule has 0 heterocycles. The zero-order valence-electron chi connectivity index (χ0n) is 30.9. The molecule has 260 valence electrons. The molecule has 2 radical (unpaired) electrons. The van der Waals surface area contributed by atoms with Crippen molar-refractivity contribution in [2.24, 2.45) is 0 Å². The number of halogens is 2. The van der Waals surface area contributed by atoms with Crippen LogP contribution < -0.4 is 0 Å². The van der Waals surface area contributed by atoms with Crippen LogP contribution in [-0.4, -0.2) is 6.88 Å². The Balaban J connectivity index is 0.000000464. The second-order valence-electron chi connectivity index (χ2n) is 12.9. The predicted molar refractivity (Wildman–Crippen MR) is 226 cm³/mol. The number of rotatable bonds is 4. The van der Waals surface area contributed by atoms with E-state index in [9.17, 15) is 0 Å². The second-order valence-corrected chi connectivity index (χ2v) is 12.9. The number of benzene rings is 5. The molecule has 0 amide bonds. The standard InChI is InChI=1S/C26H25.C18H17.2CH3.2ClH.Si.Zr/c1-16-6-17(2)9-21(8-16)22-14-24-12-20(5)13-25(24)26(15-22)23-10-18(3)7-19(4)11-23;1-13(2)16-11-15-9-6-10-17(18(15)12-16)14-7-4-3-5-8-14;;;;;;/h6-15H,1-5H3;3-13H,1-2H3;2*1H3;2*1H;;/q4*-1;;;;. The first kappa shape index (κ1) is 45.0. The van der Waals surface area contributed by atoms with Crippen molar-refractivity contribution in [3.8, 4) is 33.4 Å². The van der Waals surface area contributed by atoms with Crippen LogP contribution in [0.4, 0.5) is 0 Å². The average molecular weight is 793 g/mol. The first-order valence-electron chi connectivity index (χ1n) is 16.0. The number of fused-ring (bicyclic) bond motifs is 2. The summed E-state index contributed by atoms with van der Waals surface area (Å²) in [5.41, 5.74) is 15.9. The quantitative estimate of drug-likeness (QED) is 0.123. The van der Waals surface area contributed by atoms with E-state index in [1.165, 1.54) is 112 Å². The summed E-state index contributed by atoms with van der Waals surface area (Å²) in [6.45, 7) is 18.4. The Morgan fingerprint density at radius 3 is 1.56 bits per heavy atom. The third-order valence-corrected chi connectivity index (χ3v) is 8.58. The van der Waals surface area contributed by atoms with Gasteiger partial charge >= 0.3 is 30.2 Å². The van der Waals surface area contributed by atoms with Crippen molar-refractivity contribution in [3.63, 3.8) is 0 Å². The Bertz CT molecular complexity index is 2080. The van der Waals surface area contributed by atoms with Gasteiger partial charge in [-0.05, 0) is 50.3 Å². The Kier molecular flexibility index (Phi) is 18.1. The fraction of sp³-hybridized carbons (Fsp3) is 0.174. The maximum absolute atomic E-state index is 3.06. The van der Waals surface area contributed by atoms with Crippen LogP contribution in [0, 0.1) is 49.5 Å². The molecule has 0 aliphatic heterocycles. The normalized spacial score (nSPS) is 9.98. The van der Waals surface area contributed by atoms with Crippen LogP contribution >= 0.6 is 24.8 Å². The molecule has 0 spiro atoms. The van der Waals surface area contributed by atoms with E-state index in [2.05, 4.69) is 177 Å². The summed E-state index contributed by atoms with van der Waals surface area (Å²) >= 11 is 1.36. The van der Waals surface area contributed by atoms with Crippen LogP contribution in [0.15, 0.2) is 121 Å². The van der Waals surface area contributed by atoms with Crippen LogP contribution in [0.2, 0.25) is 0 Å². The summed E-state index contributed by atoms with van der Waals surface area (Å²) in [5, 5.41) is 5.39. The molecule has 0 atom stereocenters. The van der Waals surface area contributed by atoms with E-state index in [4.69, 9.17) is 0 Å². The number of aryl methyl sites for hydroxylation is 5. The minimum absolute atomic E-state index is 0. The molecule has 0 aliphatic rings. The minimum atomic E-state index is 0. The molecular formula is C46H50Cl2SiZr-4. The zero-order chi connectivity index (χ0) is 33.0. The van der Waals surface area contributed by atoms with E-state index < -0.39 is 0 Å². The third kappa shape index (κ3) is 10.5. The van der Waals surface area contributed by atoms with Gasteiger partial charge in [0, 0.05) is 0 Å². The van der Waals surface area contributed by atoms with Crippen molar-refractivity contribution in [3.05, 3.63) is 170 Å². The van der Waals surface area contributed by atoms with Crippen molar-refractivity contribution < 1.29 is 23.3 Å². The maximum atomic E-state index is 3.06. The number of hydrogen-bond acceptors (Lipinski definition) is 0. The summed E-state index contributed by atoms with van der Waals surface area (Å²) < 4.78 is 0. The molecule has 7 aromatic rings. The van der Waals surface area contributed by atoms with E-state index in [-0.39, 0.29) is 39.7 Å². The molecule has 4 heteroatoms. The first-order valence-corrected chi connectivity index (χ1v) is 20.2. The predicted octanol–water partition coefficient (Wildman–Crippen LogP) is 14.1. The summed E-state index contributed by atoms with van der Waals surface area (Å²) in [6, 6.07) is 44.8. The summed E-state index contributed by atoms with van der Waals surface area (Å²) in [4.78, 5) is 0. The Labute approximate surface area is 331 Å². The van der Waals surface area contributed by atoms with Gasteiger partial charge in [-0.1, -0.05) is 139 Å². The van der Waals surface area contributed by atoms with Crippen molar-refractivity contribution >= 4 is 53.2 Å². The van der Waals surface area contributed by atoms with Gasteiger partial charge in [0.05, 0.1) is 0 Å². The van der Waals surface area contributed by atoms with E-state index in [0.717, 1.165) is 0 Å². The molecule has 0 saturated heterocycles. The van der Waals surface area contributed by atoms with Gasteiger partial charge in [0.1, 0.15) is 0 Å². The van der Waals surface area contributed by atoms with Crippen LogP contribution in [0.5, 0.6) is 0 Å². The van der Waals surface area contributed by atoms with E-state index in [0.29, 0.717) is 5.92 Å². The van der Waals surface area contributed by atoms with E-state index in [1.54, 1.807) is 0 Å². The van der Waals surface area contributed by atoms with Crippen LogP contribution in [0.1, 0.15) is 53.1 Å². The Hall–Kier alpha value is -3.00. The van der Waals surface area contributed by atoms with Gasteiger partial charge in [0.15, 0.2) is 0 Å². The van der Waals surface area contributed by atoms with Gasteiger partial charge in [0.2, 0.25) is 0 Å². The Morgan fingerprint density at radius 1 is 0.480 bits per heavy atom. The number of hydrogen-bond donors (Lipinski definition) is 0. The van der Waals surface area contributed by atoms with Crippen molar-refractivity contribution in [2.75, 3.05) is 0 Å². The molecule has 0 bridgehead atoms. The van der Waals surface area contributed by atoms with Gasteiger partial charge < -0.3 is 14.9 Å². The van der Waals surface area contributed by atoms with Gasteiger partial charge in [0.25, 0.3) is 0 Å². The van der Waals surface area contributed by atoms with Crippen LogP contribution in [-0.2, 0) is 23.3 Å². The van der Waals surface area contributed by atoms with Crippen LogP contribution in [0.25, 0.3) is 54.9 Å². The molecule has 0 nitrogen and oxygen atoms in total. The van der Waals surface area contributed by atoms with Gasteiger partial charge in [-0.15, -0.1) is 87.8 Å². The molecule has 0 N–H and O–H groups in total. The third-order valence-electron chi connectivity index (χ3n) is 8.58. The van der Waals surface area contributed by atoms with Crippen molar-refractivity contribution in [1.82, 2.24) is 0 Å². The van der Waals surface area contributed by atoms with Crippen molar-refractivity contribution in [1.29, 1.82) is 0 Å². The van der Waals surface area contributed by atoms with Crippen LogP contribution in [0.3, 0.4) is 0 Å². The molecule has 0 unspecified atom stereocenters. The summed E-state index contributed by atoms with van der Waals surface area (Å²) in [6.07, 6.45) is 0. The Morgan fingerprint density at radius 2 is 1.00 bits per heavy atom. The topological polar surface area (TPSA) is 0 Å². The fourth-order valence-corrected chi connectivity index (χ4v) is 6.61. The summed E-state index contributed by atoms with van der Waals surface area (Å²) in [7, 11) is 0. The molecule has 0 aliphatic carbocycles. The zero-order valence-corrected chi connectivity index (χ0v) is 36.0. The molecular weight excluding hydrogens is 743 g/mol. The summed E-state index contributed by atoms with van der Waals surface area (Å²) in [5.74, 6) is 0.584.